The van der Waals surface area contributed by atoms with Crippen LogP contribution in [0.2, 0.25) is 0 Å². The van der Waals surface area contributed by atoms with E-state index in [0.717, 1.165) is 15.7 Å². The van der Waals surface area contributed by atoms with E-state index in [1.54, 1.807) is 0 Å². The van der Waals surface area contributed by atoms with E-state index in [-0.39, 0.29) is 12.6 Å². The normalized spacial score (nSPS) is 12.6. The average molecular weight is 273 g/mol. The molecule has 1 unspecified atom stereocenters. The first-order valence-electron chi connectivity index (χ1n) is 4.92. The standard InChI is InChI=1S/C11H17BrN2O/c1-8(7-15)14(2)11-4-3-9(6-13)5-10(11)12/h3-5,8,15H,6-7,13H2,1-2H3. The van der Waals surface area contributed by atoms with Crippen LogP contribution in [0.25, 0.3) is 0 Å². The van der Waals surface area contributed by atoms with E-state index in [2.05, 4.69) is 15.9 Å². The third-order valence-electron chi connectivity index (χ3n) is 2.55. The van der Waals surface area contributed by atoms with Crippen LogP contribution in [0.15, 0.2) is 22.7 Å². The average Bonchev–Trinajstić information content (AvgIpc) is 2.26. The highest BCUT2D eigenvalue weighted by Gasteiger charge is 2.11. The smallest absolute Gasteiger partial charge is 0.0632 e. The number of nitrogens with two attached hydrogens (primary N) is 1. The summed E-state index contributed by atoms with van der Waals surface area (Å²) in [5, 5.41) is 9.08. The van der Waals surface area contributed by atoms with E-state index in [1.165, 1.54) is 0 Å². The number of aliphatic hydroxyl groups is 1. The van der Waals surface area contributed by atoms with Crippen LogP contribution in [0.1, 0.15) is 12.5 Å². The maximum atomic E-state index is 9.08. The summed E-state index contributed by atoms with van der Waals surface area (Å²) in [6, 6.07) is 6.12. The highest BCUT2D eigenvalue weighted by atomic mass is 79.9. The Morgan fingerprint density at radius 2 is 2.20 bits per heavy atom. The lowest BCUT2D eigenvalue weighted by atomic mass is 10.2. The van der Waals surface area contributed by atoms with Crippen molar-refractivity contribution in [1.82, 2.24) is 0 Å². The van der Waals surface area contributed by atoms with Crippen LogP contribution in [0.5, 0.6) is 0 Å². The first-order valence-corrected chi connectivity index (χ1v) is 5.71. The molecule has 0 aliphatic rings. The summed E-state index contributed by atoms with van der Waals surface area (Å²) in [7, 11) is 1.96. The fourth-order valence-electron chi connectivity index (χ4n) is 1.32. The van der Waals surface area contributed by atoms with Gasteiger partial charge < -0.3 is 15.7 Å². The van der Waals surface area contributed by atoms with Gasteiger partial charge in [-0.15, -0.1) is 0 Å². The van der Waals surface area contributed by atoms with Crippen molar-refractivity contribution < 1.29 is 5.11 Å². The zero-order chi connectivity index (χ0) is 11.4. The Morgan fingerprint density at radius 1 is 1.53 bits per heavy atom. The fraction of sp³-hybridized carbons (Fsp3) is 0.455. The summed E-state index contributed by atoms with van der Waals surface area (Å²) >= 11 is 3.51. The van der Waals surface area contributed by atoms with E-state index >= 15 is 0 Å². The molecule has 0 radical (unpaired) electrons. The van der Waals surface area contributed by atoms with Crippen molar-refractivity contribution in [3.63, 3.8) is 0 Å². The van der Waals surface area contributed by atoms with Crippen molar-refractivity contribution in [2.75, 3.05) is 18.6 Å². The Balaban J connectivity index is 2.95. The molecule has 1 rings (SSSR count). The van der Waals surface area contributed by atoms with Crippen molar-refractivity contribution in [1.29, 1.82) is 0 Å². The molecule has 0 heterocycles. The molecule has 0 aliphatic heterocycles. The van der Waals surface area contributed by atoms with Gasteiger partial charge in [0.25, 0.3) is 0 Å². The van der Waals surface area contributed by atoms with Gasteiger partial charge in [0.15, 0.2) is 0 Å². The molecule has 0 fully saturated rings. The molecule has 0 saturated heterocycles. The second-order valence-electron chi connectivity index (χ2n) is 3.63. The maximum absolute atomic E-state index is 9.08. The van der Waals surface area contributed by atoms with Crippen LogP contribution in [0, 0.1) is 0 Å². The molecule has 84 valence electrons. The minimum atomic E-state index is 0.102. The van der Waals surface area contributed by atoms with E-state index < -0.39 is 0 Å². The van der Waals surface area contributed by atoms with Gasteiger partial charge in [-0.1, -0.05) is 6.07 Å². The quantitative estimate of drug-likeness (QED) is 0.878. The van der Waals surface area contributed by atoms with Gasteiger partial charge in [0.1, 0.15) is 0 Å². The van der Waals surface area contributed by atoms with Crippen LogP contribution in [0.3, 0.4) is 0 Å². The van der Waals surface area contributed by atoms with Crippen molar-refractivity contribution in [2.24, 2.45) is 5.73 Å². The van der Waals surface area contributed by atoms with Crippen LogP contribution in [-0.4, -0.2) is 24.8 Å². The molecule has 0 saturated carbocycles. The number of nitrogens with zero attached hydrogens (tertiary/aromatic N) is 1. The van der Waals surface area contributed by atoms with Crippen molar-refractivity contribution in [3.05, 3.63) is 28.2 Å². The molecule has 0 aromatic heterocycles. The molecular formula is C11H17BrN2O. The van der Waals surface area contributed by atoms with E-state index in [9.17, 15) is 0 Å². The summed E-state index contributed by atoms with van der Waals surface area (Å²) in [6.45, 7) is 2.66. The first kappa shape index (κ1) is 12.5. The molecule has 15 heavy (non-hydrogen) atoms. The SMILES string of the molecule is CC(CO)N(C)c1ccc(CN)cc1Br. The van der Waals surface area contributed by atoms with Crippen molar-refractivity contribution in [3.8, 4) is 0 Å². The number of aliphatic hydroxyl groups excluding tert-OH is 1. The number of hydrogen-bond donors (Lipinski definition) is 2. The van der Waals surface area contributed by atoms with Gasteiger partial charge >= 0.3 is 0 Å². The van der Waals surface area contributed by atoms with Crippen LogP contribution < -0.4 is 10.6 Å². The minimum Gasteiger partial charge on any atom is -0.394 e. The molecule has 3 nitrogen and oxygen atoms in total. The molecule has 4 heteroatoms. The zero-order valence-corrected chi connectivity index (χ0v) is 10.7. The Hall–Kier alpha value is -0.580. The second kappa shape index (κ2) is 5.49. The van der Waals surface area contributed by atoms with Crippen LogP contribution in [-0.2, 0) is 6.54 Å². The number of likely N-dealkylation sites (N-methyl/N-ethyl adjacent to an activating group) is 1. The minimum absolute atomic E-state index is 0.102. The van der Waals surface area contributed by atoms with E-state index in [4.69, 9.17) is 10.8 Å². The summed E-state index contributed by atoms with van der Waals surface area (Å²) in [4.78, 5) is 2.03. The zero-order valence-electron chi connectivity index (χ0n) is 9.07. The molecule has 1 aromatic carbocycles. The monoisotopic (exact) mass is 272 g/mol. The second-order valence-corrected chi connectivity index (χ2v) is 4.49. The Kier molecular flexibility index (Phi) is 4.57. The lowest BCUT2D eigenvalue weighted by molar-refractivity contribution is 0.270. The highest BCUT2D eigenvalue weighted by molar-refractivity contribution is 9.10. The van der Waals surface area contributed by atoms with Gasteiger partial charge in [0.05, 0.1) is 12.3 Å². The summed E-state index contributed by atoms with van der Waals surface area (Å²) in [6.07, 6.45) is 0. The Morgan fingerprint density at radius 3 is 2.67 bits per heavy atom. The van der Waals surface area contributed by atoms with Gasteiger partial charge in [-0.2, -0.15) is 0 Å². The van der Waals surface area contributed by atoms with E-state index in [0.29, 0.717) is 6.54 Å². The Bertz CT molecular complexity index is 330. The third kappa shape index (κ3) is 2.93. The van der Waals surface area contributed by atoms with Crippen LogP contribution >= 0.6 is 15.9 Å². The molecular weight excluding hydrogens is 256 g/mol. The van der Waals surface area contributed by atoms with Gasteiger partial charge in [-0.3, -0.25) is 0 Å². The van der Waals surface area contributed by atoms with E-state index in [1.807, 2.05) is 37.1 Å². The molecule has 0 bridgehead atoms. The third-order valence-corrected chi connectivity index (χ3v) is 3.19. The number of benzene rings is 1. The fourth-order valence-corrected chi connectivity index (χ4v) is 2.03. The number of anilines is 1. The molecule has 1 atom stereocenters. The summed E-state index contributed by atoms with van der Waals surface area (Å²) in [5.41, 5.74) is 7.71. The van der Waals surface area contributed by atoms with Gasteiger partial charge in [0.2, 0.25) is 0 Å². The van der Waals surface area contributed by atoms with Gasteiger partial charge in [0, 0.05) is 24.1 Å². The van der Waals surface area contributed by atoms with Crippen LogP contribution in [0.4, 0.5) is 5.69 Å². The van der Waals surface area contributed by atoms with Crippen molar-refractivity contribution >= 4 is 21.6 Å². The number of hydrogen-bond acceptors (Lipinski definition) is 3. The topological polar surface area (TPSA) is 49.5 Å². The summed E-state index contributed by atoms with van der Waals surface area (Å²) in [5.74, 6) is 0. The summed E-state index contributed by atoms with van der Waals surface area (Å²) < 4.78 is 1.01. The highest BCUT2D eigenvalue weighted by Crippen LogP contribution is 2.27. The predicted molar refractivity (Wildman–Crippen MR) is 67.0 cm³/mol. The lowest BCUT2D eigenvalue weighted by Crippen LogP contribution is -2.32. The predicted octanol–water partition coefficient (Wildman–Crippen LogP) is 1.72. The van der Waals surface area contributed by atoms with Crippen molar-refractivity contribution in [2.45, 2.75) is 19.5 Å². The molecule has 0 aliphatic carbocycles. The lowest BCUT2D eigenvalue weighted by Gasteiger charge is -2.26. The maximum Gasteiger partial charge on any atom is 0.0632 e. The molecule has 0 amide bonds. The molecule has 3 N–H and O–H groups in total. The van der Waals surface area contributed by atoms with Gasteiger partial charge in [-0.25, -0.2) is 0 Å². The van der Waals surface area contributed by atoms with Gasteiger partial charge in [-0.05, 0) is 40.5 Å². The molecule has 1 aromatic rings. The largest absolute Gasteiger partial charge is 0.394 e. The molecule has 0 spiro atoms. The number of rotatable bonds is 4. The first-order chi connectivity index (χ1) is 7.10. The number of halogens is 1. The Labute approximate surface area is 99.0 Å².